The van der Waals surface area contributed by atoms with Crippen molar-refractivity contribution < 1.29 is 23.5 Å². The molecule has 0 saturated carbocycles. The highest BCUT2D eigenvalue weighted by Crippen LogP contribution is 2.37. The molecule has 5 aromatic carbocycles. The molecule has 0 spiro atoms. The summed E-state index contributed by atoms with van der Waals surface area (Å²) in [6, 6.07) is 45.7. The van der Waals surface area contributed by atoms with Gasteiger partial charge in [0.1, 0.15) is 28.2 Å². The molecule has 1 heterocycles. The van der Waals surface area contributed by atoms with Crippen molar-refractivity contribution in [2.75, 3.05) is 17.7 Å². The molecule has 3 N–H and O–H groups in total. The first-order chi connectivity index (χ1) is 24.4. The quantitative estimate of drug-likeness (QED) is 0.0881. The molecule has 1 atom stereocenters. The van der Waals surface area contributed by atoms with E-state index in [1.165, 1.54) is 17.8 Å². The van der Waals surface area contributed by atoms with Gasteiger partial charge in [0.15, 0.2) is 0 Å². The van der Waals surface area contributed by atoms with Crippen LogP contribution < -0.4 is 20.7 Å². The van der Waals surface area contributed by atoms with Gasteiger partial charge in [-0.1, -0.05) is 84.9 Å². The lowest BCUT2D eigenvalue weighted by molar-refractivity contribution is -0.116. The van der Waals surface area contributed by atoms with Crippen molar-refractivity contribution >= 4 is 46.9 Å². The number of amides is 3. The summed E-state index contributed by atoms with van der Waals surface area (Å²) in [6.07, 6.45) is 1.50. The molecule has 8 nitrogen and oxygen atoms in total. The molecule has 1 aromatic heterocycles. The largest absolute Gasteiger partial charge is 0.497 e. The fourth-order valence-corrected chi connectivity index (χ4v) is 6.06. The average Bonchev–Trinajstić information content (AvgIpc) is 3.64. The molecule has 6 aromatic rings. The first kappa shape index (κ1) is 33.6. The first-order valence-electron chi connectivity index (χ1n) is 15.8. The number of thioether (sulfide) groups is 1. The van der Waals surface area contributed by atoms with Crippen LogP contribution in [0.25, 0.3) is 17.4 Å². The van der Waals surface area contributed by atoms with Gasteiger partial charge in [-0.3, -0.25) is 14.4 Å². The molecule has 50 heavy (non-hydrogen) atoms. The highest BCUT2D eigenvalue weighted by Gasteiger charge is 2.23. The smallest absolute Gasteiger partial charge is 0.272 e. The number of rotatable bonds is 12. The normalized spacial score (nSPS) is 11.7. The average molecular weight is 680 g/mol. The van der Waals surface area contributed by atoms with Crippen molar-refractivity contribution in [3.63, 3.8) is 0 Å². The Bertz CT molecular complexity index is 2100. The Morgan fingerprint density at radius 2 is 1.38 bits per heavy atom. The van der Waals surface area contributed by atoms with E-state index >= 15 is 0 Å². The molecule has 6 rings (SSSR count). The molecule has 0 radical (unpaired) electrons. The van der Waals surface area contributed by atoms with Crippen LogP contribution in [-0.2, 0) is 9.59 Å². The summed E-state index contributed by atoms with van der Waals surface area (Å²) in [5.74, 6) is 0.505. The lowest BCUT2D eigenvalue weighted by Crippen LogP contribution is -2.30. The molecule has 0 aliphatic rings. The highest BCUT2D eigenvalue weighted by atomic mass is 32.2. The number of methoxy groups -OCH3 is 1. The number of benzene rings is 5. The summed E-state index contributed by atoms with van der Waals surface area (Å²) in [5, 5.41) is 8.05. The van der Waals surface area contributed by atoms with Crippen molar-refractivity contribution in [3.8, 4) is 17.1 Å². The van der Waals surface area contributed by atoms with Gasteiger partial charge in [0.05, 0.1) is 7.11 Å². The van der Waals surface area contributed by atoms with Crippen LogP contribution >= 0.6 is 11.8 Å². The van der Waals surface area contributed by atoms with Crippen LogP contribution in [0, 0.1) is 0 Å². The third-order valence-corrected chi connectivity index (χ3v) is 8.81. The van der Waals surface area contributed by atoms with Gasteiger partial charge in [0.25, 0.3) is 11.8 Å². The Labute approximate surface area is 294 Å². The van der Waals surface area contributed by atoms with Crippen molar-refractivity contribution in [1.82, 2.24) is 5.32 Å². The molecule has 0 aliphatic heterocycles. The molecule has 0 aliphatic carbocycles. The summed E-state index contributed by atoms with van der Waals surface area (Å²) >= 11 is 1.38. The molecule has 3 amide bonds. The summed E-state index contributed by atoms with van der Waals surface area (Å²) in [4.78, 5) is 41.1. The zero-order chi connectivity index (χ0) is 34.7. The number of carbonyl (C=O) groups is 3. The van der Waals surface area contributed by atoms with Crippen molar-refractivity contribution in [2.24, 2.45) is 0 Å². The van der Waals surface area contributed by atoms with Gasteiger partial charge in [0, 0.05) is 39.5 Å². The predicted molar refractivity (Wildman–Crippen MR) is 198 cm³/mol. The van der Waals surface area contributed by atoms with Gasteiger partial charge in [-0.25, -0.2) is 0 Å². The van der Waals surface area contributed by atoms with E-state index in [1.807, 2.05) is 103 Å². The van der Waals surface area contributed by atoms with E-state index in [1.54, 1.807) is 55.6 Å². The minimum atomic E-state index is -0.556. The van der Waals surface area contributed by atoms with E-state index in [9.17, 15) is 14.4 Å². The summed E-state index contributed by atoms with van der Waals surface area (Å²) < 4.78 is 11.3. The van der Waals surface area contributed by atoms with Gasteiger partial charge < -0.3 is 25.1 Å². The van der Waals surface area contributed by atoms with E-state index in [0.29, 0.717) is 34.2 Å². The van der Waals surface area contributed by atoms with Crippen LogP contribution in [0.1, 0.15) is 26.9 Å². The molecular weight excluding hydrogens is 647 g/mol. The van der Waals surface area contributed by atoms with E-state index in [-0.39, 0.29) is 11.6 Å². The number of nitrogens with one attached hydrogen (secondary N) is 3. The lowest BCUT2D eigenvalue weighted by atomic mass is 10.1. The Balaban J connectivity index is 1.19. The fourth-order valence-electron chi connectivity index (χ4n) is 5.03. The monoisotopic (exact) mass is 679 g/mol. The second kappa shape index (κ2) is 16.2. The van der Waals surface area contributed by atoms with E-state index in [0.717, 1.165) is 16.0 Å². The Hall–Kier alpha value is -6.32. The van der Waals surface area contributed by atoms with Gasteiger partial charge in [-0.2, -0.15) is 0 Å². The van der Waals surface area contributed by atoms with Crippen molar-refractivity contribution in [1.29, 1.82) is 0 Å². The first-order valence-corrected chi connectivity index (χ1v) is 16.6. The standard InChI is InChI=1S/C41H33N3O5S/c1-48-33-19-11-18-32(26-33)43-41(47)38(29-14-7-3-8-15-29)50-35-23-20-31(21-24-35)42-40(46)36(44-39(45)30-16-9-4-10-17-30)27-34-22-25-37(49-34)28-12-5-2-6-13-28/h2-27,38H,1H3,(H,42,46)(H,43,47)(H,44,45)/b36-27+. The summed E-state index contributed by atoms with van der Waals surface area (Å²) in [7, 11) is 1.58. The van der Waals surface area contributed by atoms with E-state index < -0.39 is 17.1 Å². The Morgan fingerprint density at radius 3 is 2.08 bits per heavy atom. The number of hydrogen-bond acceptors (Lipinski definition) is 6. The third-order valence-electron chi connectivity index (χ3n) is 7.54. The van der Waals surface area contributed by atoms with Crippen LogP contribution in [0.4, 0.5) is 11.4 Å². The molecule has 9 heteroatoms. The zero-order valence-corrected chi connectivity index (χ0v) is 27.9. The van der Waals surface area contributed by atoms with Gasteiger partial charge in [-0.15, -0.1) is 11.8 Å². The van der Waals surface area contributed by atoms with Crippen LogP contribution in [0.2, 0.25) is 0 Å². The Morgan fingerprint density at radius 1 is 0.700 bits per heavy atom. The number of furan rings is 1. The number of carbonyl (C=O) groups excluding carboxylic acids is 3. The fraction of sp³-hybridized carbons (Fsp3) is 0.0488. The van der Waals surface area contributed by atoms with Gasteiger partial charge in [0.2, 0.25) is 5.91 Å². The van der Waals surface area contributed by atoms with E-state index in [4.69, 9.17) is 9.15 Å². The molecule has 0 bridgehead atoms. The number of ether oxygens (including phenoxy) is 1. The summed E-state index contributed by atoms with van der Waals surface area (Å²) in [5.41, 5.74) is 3.26. The molecule has 248 valence electrons. The second-order valence-electron chi connectivity index (χ2n) is 11.1. The maximum atomic E-state index is 13.6. The maximum absolute atomic E-state index is 13.6. The maximum Gasteiger partial charge on any atom is 0.272 e. The van der Waals surface area contributed by atoms with Crippen molar-refractivity contribution in [2.45, 2.75) is 10.1 Å². The minimum Gasteiger partial charge on any atom is -0.497 e. The second-order valence-corrected chi connectivity index (χ2v) is 12.2. The third kappa shape index (κ3) is 8.77. The molecule has 0 saturated heterocycles. The van der Waals surface area contributed by atoms with Crippen LogP contribution in [0.15, 0.2) is 167 Å². The molecule has 1 unspecified atom stereocenters. The van der Waals surface area contributed by atoms with Gasteiger partial charge >= 0.3 is 0 Å². The van der Waals surface area contributed by atoms with Crippen LogP contribution in [0.5, 0.6) is 5.75 Å². The topological polar surface area (TPSA) is 110 Å². The van der Waals surface area contributed by atoms with Gasteiger partial charge in [-0.05, 0) is 66.2 Å². The summed E-state index contributed by atoms with van der Waals surface area (Å²) in [6.45, 7) is 0. The highest BCUT2D eigenvalue weighted by molar-refractivity contribution is 8.00. The number of anilines is 2. The number of hydrogen-bond donors (Lipinski definition) is 3. The minimum absolute atomic E-state index is 0.00428. The Kier molecular flexibility index (Phi) is 10.9. The zero-order valence-electron chi connectivity index (χ0n) is 27.0. The van der Waals surface area contributed by atoms with E-state index in [2.05, 4.69) is 16.0 Å². The lowest BCUT2D eigenvalue weighted by Gasteiger charge is -2.18. The molecular formula is C41H33N3O5S. The van der Waals surface area contributed by atoms with Crippen molar-refractivity contribution in [3.05, 3.63) is 174 Å². The van der Waals surface area contributed by atoms with Crippen LogP contribution in [0.3, 0.4) is 0 Å². The SMILES string of the molecule is COc1cccc(NC(=O)C(Sc2ccc(NC(=O)/C(=C\c3ccc(-c4ccccc4)o3)NC(=O)c3ccccc3)cc2)c2ccccc2)c1. The molecule has 0 fully saturated rings. The predicted octanol–water partition coefficient (Wildman–Crippen LogP) is 8.84. The van der Waals surface area contributed by atoms with Crippen LogP contribution in [-0.4, -0.2) is 24.8 Å².